The summed E-state index contributed by atoms with van der Waals surface area (Å²) in [5, 5.41) is 3.51. The summed E-state index contributed by atoms with van der Waals surface area (Å²) >= 11 is 0. The Morgan fingerprint density at radius 2 is 2.06 bits per heavy atom. The molecule has 2 aliphatic rings. The van der Waals surface area contributed by atoms with E-state index in [0.717, 1.165) is 24.9 Å². The molecule has 4 nitrogen and oxygen atoms in total. The fourth-order valence-corrected chi connectivity index (χ4v) is 3.00. The van der Waals surface area contributed by atoms with Crippen molar-refractivity contribution in [1.29, 1.82) is 0 Å². The van der Waals surface area contributed by atoms with Gasteiger partial charge in [-0.15, -0.1) is 0 Å². The van der Waals surface area contributed by atoms with Gasteiger partial charge >= 0.3 is 0 Å². The highest BCUT2D eigenvalue weighted by Crippen LogP contribution is 2.16. The standard InChI is InChI=1S/C14H22N4/c1-2-7-16-14(5-1)18-10-8-17(9-11-18)13-4-3-6-15-12-13/h1-2,5,7,13,15H,3-4,6,8-12H2. The number of hydrogen-bond acceptors (Lipinski definition) is 4. The first-order valence-corrected chi connectivity index (χ1v) is 7.04. The first-order chi connectivity index (χ1) is 8.93. The van der Waals surface area contributed by atoms with E-state index in [1.54, 1.807) is 0 Å². The van der Waals surface area contributed by atoms with Crippen LogP contribution >= 0.6 is 0 Å². The minimum Gasteiger partial charge on any atom is -0.354 e. The van der Waals surface area contributed by atoms with Crippen LogP contribution in [0.25, 0.3) is 0 Å². The Balaban J connectivity index is 1.54. The van der Waals surface area contributed by atoms with Crippen molar-refractivity contribution < 1.29 is 0 Å². The molecule has 1 N–H and O–H groups in total. The fraction of sp³-hybridized carbons (Fsp3) is 0.643. The summed E-state index contributed by atoms with van der Waals surface area (Å²) in [6.45, 7) is 6.92. The average molecular weight is 246 g/mol. The van der Waals surface area contributed by atoms with Crippen molar-refractivity contribution in [2.75, 3.05) is 44.2 Å². The SMILES string of the molecule is c1ccc(N2CCN(C3CCCNC3)CC2)nc1. The van der Waals surface area contributed by atoms with Crippen LogP contribution in [0.5, 0.6) is 0 Å². The van der Waals surface area contributed by atoms with Crippen LogP contribution in [0.1, 0.15) is 12.8 Å². The Bertz CT molecular complexity index is 353. The number of anilines is 1. The molecule has 1 unspecified atom stereocenters. The summed E-state index contributed by atoms with van der Waals surface area (Å²) in [4.78, 5) is 9.48. The van der Waals surface area contributed by atoms with E-state index in [1.165, 1.54) is 39.0 Å². The molecular formula is C14H22N4. The van der Waals surface area contributed by atoms with E-state index in [4.69, 9.17) is 0 Å². The van der Waals surface area contributed by atoms with Crippen molar-refractivity contribution in [3.8, 4) is 0 Å². The zero-order valence-electron chi connectivity index (χ0n) is 10.9. The predicted octanol–water partition coefficient (Wildman–Crippen LogP) is 0.956. The molecular weight excluding hydrogens is 224 g/mol. The van der Waals surface area contributed by atoms with Gasteiger partial charge < -0.3 is 10.2 Å². The maximum absolute atomic E-state index is 4.44. The van der Waals surface area contributed by atoms with Gasteiger partial charge in [0.25, 0.3) is 0 Å². The Kier molecular flexibility index (Phi) is 3.76. The van der Waals surface area contributed by atoms with Gasteiger partial charge in [0.2, 0.25) is 0 Å². The third-order valence-corrected chi connectivity index (χ3v) is 4.07. The molecule has 3 rings (SSSR count). The topological polar surface area (TPSA) is 31.4 Å². The van der Waals surface area contributed by atoms with Crippen LogP contribution < -0.4 is 10.2 Å². The van der Waals surface area contributed by atoms with Gasteiger partial charge in [-0.2, -0.15) is 0 Å². The average Bonchev–Trinajstić information content (AvgIpc) is 2.49. The predicted molar refractivity (Wildman–Crippen MR) is 73.9 cm³/mol. The number of hydrogen-bond donors (Lipinski definition) is 1. The van der Waals surface area contributed by atoms with Gasteiger partial charge in [0.1, 0.15) is 5.82 Å². The number of aromatic nitrogens is 1. The maximum Gasteiger partial charge on any atom is 0.128 e. The van der Waals surface area contributed by atoms with Gasteiger partial charge in [0.05, 0.1) is 0 Å². The zero-order valence-corrected chi connectivity index (χ0v) is 10.9. The molecule has 4 heteroatoms. The van der Waals surface area contributed by atoms with E-state index in [1.807, 2.05) is 12.3 Å². The van der Waals surface area contributed by atoms with Crippen molar-refractivity contribution in [2.24, 2.45) is 0 Å². The minimum atomic E-state index is 0.754. The highest BCUT2D eigenvalue weighted by Gasteiger charge is 2.25. The van der Waals surface area contributed by atoms with E-state index in [0.29, 0.717) is 0 Å². The maximum atomic E-state index is 4.44. The normalized spacial score (nSPS) is 26.2. The highest BCUT2D eigenvalue weighted by atomic mass is 15.3. The van der Waals surface area contributed by atoms with Crippen LogP contribution in [0.4, 0.5) is 5.82 Å². The van der Waals surface area contributed by atoms with Gasteiger partial charge in [0, 0.05) is 45.0 Å². The van der Waals surface area contributed by atoms with Crippen molar-refractivity contribution in [1.82, 2.24) is 15.2 Å². The van der Waals surface area contributed by atoms with Crippen LogP contribution in [-0.2, 0) is 0 Å². The van der Waals surface area contributed by atoms with Crippen LogP contribution in [0.3, 0.4) is 0 Å². The Hall–Kier alpha value is -1.13. The largest absolute Gasteiger partial charge is 0.354 e. The van der Waals surface area contributed by atoms with Gasteiger partial charge in [-0.3, -0.25) is 4.90 Å². The van der Waals surface area contributed by atoms with E-state index in [9.17, 15) is 0 Å². The summed E-state index contributed by atoms with van der Waals surface area (Å²) in [5.74, 6) is 1.12. The molecule has 0 bridgehead atoms. The van der Waals surface area contributed by atoms with Crippen LogP contribution in [0.2, 0.25) is 0 Å². The van der Waals surface area contributed by atoms with Gasteiger partial charge in [0.15, 0.2) is 0 Å². The van der Waals surface area contributed by atoms with Crippen LogP contribution in [-0.4, -0.2) is 55.2 Å². The quantitative estimate of drug-likeness (QED) is 0.842. The number of piperazine rings is 1. The summed E-state index contributed by atoms with van der Waals surface area (Å²) in [6, 6.07) is 6.91. The lowest BCUT2D eigenvalue weighted by Gasteiger charge is -2.41. The lowest BCUT2D eigenvalue weighted by molar-refractivity contribution is 0.157. The van der Waals surface area contributed by atoms with Gasteiger partial charge in [-0.25, -0.2) is 4.98 Å². The molecule has 0 radical (unpaired) electrons. The van der Waals surface area contributed by atoms with Gasteiger partial charge in [-0.05, 0) is 31.5 Å². The number of rotatable bonds is 2. The van der Waals surface area contributed by atoms with Crippen molar-refractivity contribution in [2.45, 2.75) is 18.9 Å². The molecule has 0 saturated carbocycles. The first-order valence-electron chi connectivity index (χ1n) is 7.04. The number of piperidine rings is 1. The highest BCUT2D eigenvalue weighted by molar-refractivity contribution is 5.38. The Labute approximate surface area is 109 Å². The summed E-state index contributed by atoms with van der Waals surface area (Å²) in [7, 11) is 0. The van der Waals surface area contributed by atoms with E-state index in [2.05, 4.69) is 32.2 Å². The summed E-state index contributed by atoms with van der Waals surface area (Å²) < 4.78 is 0. The molecule has 18 heavy (non-hydrogen) atoms. The van der Waals surface area contributed by atoms with E-state index >= 15 is 0 Å². The fourth-order valence-electron chi connectivity index (χ4n) is 3.00. The van der Waals surface area contributed by atoms with Gasteiger partial charge in [-0.1, -0.05) is 6.07 Å². The third kappa shape index (κ3) is 2.65. The molecule has 0 aliphatic carbocycles. The molecule has 1 atom stereocenters. The molecule has 2 aliphatic heterocycles. The summed E-state index contributed by atoms with van der Waals surface area (Å²) in [6.07, 6.45) is 4.56. The molecule has 0 spiro atoms. The molecule has 3 heterocycles. The number of pyridine rings is 1. The first kappa shape index (κ1) is 11.9. The molecule has 2 saturated heterocycles. The zero-order chi connectivity index (χ0) is 12.2. The molecule has 98 valence electrons. The smallest absolute Gasteiger partial charge is 0.128 e. The Morgan fingerprint density at radius 3 is 2.72 bits per heavy atom. The second-order valence-electron chi connectivity index (χ2n) is 5.21. The van der Waals surface area contributed by atoms with Crippen molar-refractivity contribution in [3.63, 3.8) is 0 Å². The second kappa shape index (κ2) is 5.67. The lowest BCUT2D eigenvalue weighted by atomic mass is 10.1. The van der Waals surface area contributed by atoms with E-state index < -0.39 is 0 Å². The van der Waals surface area contributed by atoms with E-state index in [-0.39, 0.29) is 0 Å². The lowest BCUT2D eigenvalue weighted by Crippen LogP contribution is -2.54. The number of nitrogens with zero attached hydrogens (tertiary/aromatic N) is 3. The van der Waals surface area contributed by atoms with Crippen LogP contribution in [0.15, 0.2) is 24.4 Å². The molecule has 2 fully saturated rings. The summed E-state index contributed by atoms with van der Waals surface area (Å²) in [5.41, 5.74) is 0. The van der Waals surface area contributed by atoms with Crippen molar-refractivity contribution in [3.05, 3.63) is 24.4 Å². The number of nitrogens with one attached hydrogen (secondary N) is 1. The molecule has 0 aromatic carbocycles. The van der Waals surface area contributed by atoms with Crippen LogP contribution in [0, 0.1) is 0 Å². The molecule has 0 amide bonds. The van der Waals surface area contributed by atoms with Crippen molar-refractivity contribution >= 4 is 5.82 Å². The monoisotopic (exact) mass is 246 g/mol. The second-order valence-corrected chi connectivity index (χ2v) is 5.21. The molecule has 1 aromatic heterocycles. The Morgan fingerprint density at radius 1 is 1.17 bits per heavy atom. The third-order valence-electron chi connectivity index (χ3n) is 4.07. The molecule has 1 aromatic rings. The minimum absolute atomic E-state index is 0.754.